The van der Waals surface area contributed by atoms with E-state index in [0.29, 0.717) is 5.52 Å². The molecule has 0 aliphatic heterocycles. The molecule has 1 aromatic heterocycles. The lowest BCUT2D eigenvalue weighted by Gasteiger charge is -2.13. The molecule has 0 N–H and O–H groups in total. The van der Waals surface area contributed by atoms with E-state index in [4.69, 9.17) is 4.74 Å². The Kier molecular flexibility index (Phi) is 6.25. The predicted molar refractivity (Wildman–Crippen MR) is 104 cm³/mol. The van der Waals surface area contributed by atoms with Gasteiger partial charge < -0.3 is 14.0 Å². The molecule has 1 heterocycles. The second-order valence-corrected chi connectivity index (χ2v) is 7.15. The first-order chi connectivity index (χ1) is 14.2. The summed E-state index contributed by atoms with van der Waals surface area (Å²) in [5.41, 5.74) is 0.792. The van der Waals surface area contributed by atoms with Gasteiger partial charge in [0.25, 0.3) is 5.91 Å². The number of hydrogen-bond acceptors (Lipinski definition) is 5. The van der Waals surface area contributed by atoms with Gasteiger partial charge in [-0.1, -0.05) is 23.5 Å². The van der Waals surface area contributed by atoms with Gasteiger partial charge in [0.15, 0.2) is 4.80 Å². The Labute approximate surface area is 173 Å². The lowest BCUT2D eigenvalue weighted by atomic mass is 10.2. The molecule has 1 amide bonds. The molecule has 3 aromatic rings. The highest BCUT2D eigenvalue weighted by Crippen LogP contribution is 2.24. The van der Waals surface area contributed by atoms with Crippen molar-refractivity contribution in [2.75, 3.05) is 6.61 Å². The number of esters is 1. The monoisotopic (exact) mass is 438 g/mol. The molecule has 0 saturated carbocycles. The zero-order valence-electron chi connectivity index (χ0n) is 16.0. The molecule has 1 unspecified atom stereocenters. The normalized spacial score (nSPS) is 13.3. The maximum Gasteiger partial charge on any atom is 0.573 e. The number of ether oxygens (including phenoxy) is 2. The Morgan fingerprint density at radius 3 is 2.43 bits per heavy atom. The van der Waals surface area contributed by atoms with Gasteiger partial charge in [-0.25, -0.2) is 4.79 Å². The summed E-state index contributed by atoms with van der Waals surface area (Å²) >= 11 is 1.22. The van der Waals surface area contributed by atoms with Gasteiger partial charge in [-0.3, -0.25) is 4.79 Å². The van der Waals surface area contributed by atoms with Crippen molar-refractivity contribution < 1.29 is 32.2 Å². The number of benzene rings is 2. The van der Waals surface area contributed by atoms with Gasteiger partial charge in [0.1, 0.15) is 11.8 Å². The van der Waals surface area contributed by atoms with E-state index in [1.54, 1.807) is 30.5 Å². The van der Waals surface area contributed by atoms with Crippen molar-refractivity contribution in [3.05, 3.63) is 58.9 Å². The molecule has 0 fully saturated rings. The molecule has 0 aliphatic carbocycles. The van der Waals surface area contributed by atoms with Gasteiger partial charge in [0.05, 0.1) is 16.8 Å². The van der Waals surface area contributed by atoms with Crippen LogP contribution in [-0.2, 0) is 9.53 Å². The van der Waals surface area contributed by atoms with Crippen molar-refractivity contribution in [3.63, 3.8) is 0 Å². The van der Waals surface area contributed by atoms with Crippen LogP contribution in [-0.4, -0.2) is 29.4 Å². The number of amides is 1. The van der Waals surface area contributed by atoms with Gasteiger partial charge >= 0.3 is 12.3 Å². The van der Waals surface area contributed by atoms with Crippen LogP contribution in [0.15, 0.2) is 53.5 Å². The number of hydrogen-bond donors (Lipinski definition) is 0. The molecule has 158 valence electrons. The summed E-state index contributed by atoms with van der Waals surface area (Å²) in [6.07, 6.45) is -4.82. The molecule has 0 saturated heterocycles. The minimum absolute atomic E-state index is 0.0809. The quantitative estimate of drug-likeness (QED) is 0.552. The number of aromatic nitrogens is 1. The molecule has 6 nitrogen and oxygen atoms in total. The standard InChI is InChI=1S/C20H17F3N2O4S/c1-3-28-18(27)12(2)25-15-6-4-5-7-16(15)30-19(25)24-17(26)13-8-10-14(11-9-13)29-20(21,22)23/h4-12H,3H2,1-2H3. The molecule has 0 radical (unpaired) electrons. The van der Waals surface area contributed by atoms with Gasteiger partial charge in [0, 0.05) is 5.56 Å². The minimum Gasteiger partial charge on any atom is -0.464 e. The predicted octanol–water partition coefficient (Wildman–Crippen LogP) is 4.47. The topological polar surface area (TPSA) is 69.9 Å². The van der Waals surface area contributed by atoms with E-state index < -0.39 is 30.0 Å². The van der Waals surface area contributed by atoms with Crippen molar-refractivity contribution >= 4 is 33.4 Å². The number of fused-ring (bicyclic) bond motifs is 1. The van der Waals surface area contributed by atoms with E-state index in [1.807, 2.05) is 12.1 Å². The lowest BCUT2D eigenvalue weighted by Crippen LogP contribution is -2.27. The summed E-state index contributed by atoms with van der Waals surface area (Å²) in [6.45, 7) is 3.55. The number of alkyl halides is 3. The highest BCUT2D eigenvalue weighted by molar-refractivity contribution is 7.16. The first-order valence-electron chi connectivity index (χ1n) is 8.91. The first kappa shape index (κ1) is 21.6. The van der Waals surface area contributed by atoms with Crippen LogP contribution in [0, 0.1) is 0 Å². The van der Waals surface area contributed by atoms with Crippen molar-refractivity contribution in [2.24, 2.45) is 4.99 Å². The Hall–Kier alpha value is -3.14. The van der Waals surface area contributed by atoms with Crippen LogP contribution in [0.1, 0.15) is 30.2 Å². The number of carbonyl (C=O) groups excluding carboxylic acids is 2. The highest BCUT2D eigenvalue weighted by Gasteiger charge is 2.31. The molecule has 30 heavy (non-hydrogen) atoms. The Morgan fingerprint density at radius 2 is 1.80 bits per heavy atom. The van der Waals surface area contributed by atoms with Crippen LogP contribution in [0.2, 0.25) is 0 Å². The van der Waals surface area contributed by atoms with E-state index in [1.165, 1.54) is 23.5 Å². The molecule has 2 aromatic carbocycles. The van der Waals surface area contributed by atoms with Crippen LogP contribution in [0.25, 0.3) is 10.2 Å². The number of para-hydroxylation sites is 1. The van der Waals surface area contributed by atoms with Crippen molar-refractivity contribution in [1.29, 1.82) is 0 Å². The van der Waals surface area contributed by atoms with E-state index in [0.717, 1.165) is 16.8 Å². The third-order valence-electron chi connectivity index (χ3n) is 4.08. The molecule has 1 atom stereocenters. The second kappa shape index (κ2) is 8.70. The molecule has 3 rings (SSSR count). The Morgan fingerprint density at radius 1 is 1.13 bits per heavy atom. The lowest BCUT2D eigenvalue weighted by molar-refractivity contribution is -0.274. The number of nitrogens with zero attached hydrogens (tertiary/aromatic N) is 2. The summed E-state index contributed by atoms with van der Waals surface area (Å²) < 4.78 is 48.2. The maximum absolute atomic E-state index is 12.6. The molecular formula is C20H17F3N2O4S. The van der Waals surface area contributed by atoms with Crippen molar-refractivity contribution in [2.45, 2.75) is 26.3 Å². The third-order valence-corrected chi connectivity index (χ3v) is 5.11. The van der Waals surface area contributed by atoms with E-state index in [2.05, 4.69) is 9.73 Å². The largest absolute Gasteiger partial charge is 0.573 e. The molecule has 0 spiro atoms. The maximum atomic E-state index is 12.6. The molecule has 10 heteroatoms. The number of thiazole rings is 1. The van der Waals surface area contributed by atoms with Gasteiger partial charge in [0.2, 0.25) is 0 Å². The number of carbonyl (C=O) groups is 2. The molecule has 0 bridgehead atoms. The summed E-state index contributed by atoms with van der Waals surface area (Å²) in [6, 6.07) is 11.0. The Bertz CT molecular complexity index is 1130. The molecular weight excluding hydrogens is 421 g/mol. The minimum atomic E-state index is -4.82. The number of halogens is 3. The van der Waals surface area contributed by atoms with E-state index in [9.17, 15) is 22.8 Å². The fraction of sp³-hybridized carbons (Fsp3) is 0.250. The van der Waals surface area contributed by atoms with Crippen LogP contribution >= 0.6 is 11.3 Å². The van der Waals surface area contributed by atoms with Crippen LogP contribution < -0.4 is 9.54 Å². The van der Waals surface area contributed by atoms with E-state index in [-0.39, 0.29) is 17.0 Å². The average Bonchev–Trinajstić information content (AvgIpc) is 3.04. The summed E-state index contributed by atoms with van der Waals surface area (Å²) in [5, 5.41) is 0. The second-order valence-electron chi connectivity index (χ2n) is 6.14. The fourth-order valence-electron chi connectivity index (χ4n) is 2.76. The highest BCUT2D eigenvalue weighted by atomic mass is 32.1. The van der Waals surface area contributed by atoms with Gasteiger partial charge in [-0.2, -0.15) is 4.99 Å². The smallest absolute Gasteiger partial charge is 0.464 e. The third kappa shape index (κ3) is 4.88. The summed E-state index contributed by atoms with van der Waals surface area (Å²) in [7, 11) is 0. The zero-order chi connectivity index (χ0) is 21.9. The average molecular weight is 438 g/mol. The van der Waals surface area contributed by atoms with Crippen LogP contribution in [0.5, 0.6) is 5.75 Å². The van der Waals surface area contributed by atoms with Crippen LogP contribution in [0.4, 0.5) is 13.2 Å². The van der Waals surface area contributed by atoms with Gasteiger partial charge in [-0.05, 0) is 50.2 Å². The van der Waals surface area contributed by atoms with Crippen molar-refractivity contribution in [3.8, 4) is 5.75 Å². The Balaban J connectivity index is 2.00. The summed E-state index contributed by atoms with van der Waals surface area (Å²) in [4.78, 5) is 29.3. The first-order valence-corrected chi connectivity index (χ1v) is 9.73. The van der Waals surface area contributed by atoms with Crippen molar-refractivity contribution in [1.82, 2.24) is 4.57 Å². The molecule has 0 aliphatic rings. The number of rotatable bonds is 5. The zero-order valence-corrected chi connectivity index (χ0v) is 16.8. The van der Waals surface area contributed by atoms with Gasteiger partial charge in [-0.15, -0.1) is 13.2 Å². The SMILES string of the molecule is CCOC(=O)C(C)n1c(=NC(=O)c2ccc(OC(F)(F)F)cc2)sc2ccccc21. The van der Waals surface area contributed by atoms with Crippen LogP contribution in [0.3, 0.4) is 0 Å². The van der Waals surface area contributed by atoms with E-state index >= 15 is 0 Å². The summed E-state index contributed by atoms with van der Waals surface area (Å²) in [5.74, 6) is -1.57. The fourth-order valence-corrected chi connectivity index (χ4v) is 3.86.